The third-order valence-corrected chi connectivity index (χ3v) is 4.16. The van der Waals surface area contributed by atoms with Crippen LogP contribution >= 0.6 is 0 Å². The monoisotopic (exact) mass is 411 g/mol. The topological polar surface area (TPSA) is 73.9 Å². The summed E-state index contributed by atoms with van der Waals surface area (Å²) in [6.45, 7) is 6.84. The van der Waals surface area contributed by atoms with E-state index in [4.69, 9.17) is 14.2 Å². The fourth-order valence-electron chi connectivity index (χ4n) is 2.85. The second-order valence-electron chi connectivity index (χ2n) is 6.41. The van der Waals surface area contributed by atoms with E-state index in [2.05, 4.69) is 5.32 Å². The first-order chi connectivity index (χ1) is 14.6. The van der Waals surface area contributed by atoms with Crippen molar-refractivity contribution in [1.29, 1.82) is 0 Å². The number of hydrogen-bond donors (Lipinski definition) is 1. The molecule has 6 heteroatoms. The van der Waals surface area contributed by atoms with Gasteiger partial charge in [0.15, 0.2) is 11.5 Å². The van der Waals surface area contributed by atoms with Crippen molar-refractivity contribution >= 4 is 18.0 Å². The van der Waals surface area contributed by atoms with Gasteiger partial charge in [0.1, 0.15) is 6.04 Å². The lowest BCUT2D eigenvalue weighted by atomic mass is 10.1. The molecule has 0 bridgehead atoms. The molecule has 1 N–H and O–H groups in total. The Morgan fingerprint density at radius 1 is 0.933 bits per heavy atom. The van der Waals surface area contributed by atoms with Gasteiger partial charge in [-0.05, 0) is 50.1 Å². The number of carbonyl (C=O) groups is 2. The molecule has 0 saturated heterocycles. The van der Waals surface area contributed by atoms with Crippen LogP contribution < -0.4 is 14.8 Å². The number of nitrogens with one attached hydrogen (secondary N) is 1. The summed E-state index contributed by atoms with van der Waals surface area (Å²) in [5.74, 6) is 0.445. The molecule has 1 unspecified atom stereocenters. The van der Waals surface area contributed by atoms with Gasteiger partial charge in [-0.3, -0.25) is 4.79 Å². The van der Waals surface area contributed by atoms with E-state index in [-0.39, 0.29) is 12.5 Å². The smallest absolute Gasteiger partial charge is 0.328 e. The quantitative estimate of drug-likeness (QED) is 0.450. The minimum absolute atomic E-state index is 0.252. The summed E-state index contributed by atoms with van der Waals surface area (Å²) in [7, 11) is 0. The zero-order valence-corrected chi connectivity index (χ0v) is 17.7. The van der Waals surface area contributed by atoms with Gasteiger partial charge >= 0.3 is 5.97 Å². The molecule has 1 atom stereocenters. The molecule has 1 amide bonds. The van der Waals surface area contributed by atoms with E-state index in [1.165, 1.54) is 6.08 Å². The molecule has 0 spiro atoms. The number of rotatable bonds is 11. The molecule has 0 heterocycles. The molecule has 160 valence electrons. The molecule has 2 aromatic rings. The molecule has 0 aliphatic carbocycles. The predicted molar refractivity (Wildman–Crippen MR) is 117 cm³/mol. The first-order valence-corrected chi connectivity index (χ1v) is 10.2. The van der Waals surface area contributed by atoms with Crippen molar-refractivity contribution in [3.05, 3.63) is 65.7 Å². The van der Waals surface area contributed by atoms with E-state index in [1.54, 1.807) is 13.0 Å². The van der Waals surface area contributed by atoms with Crippen LogP contribution in [0.4, 0.5) is 0 Å². The summed E-state index contributed by atoms with van der Waals surface area (Å²) in [6, 6.07) is 14.2. The molecular formula is C24H29NO5. The van der Waals surface area contributed by atoms with E-state index in [1.807, 2.05) is 62.4 Å². The van der Waals surface area contributed by atoms with E-state index in [0.29, 0.717) is 31.1 Å². The van der Waals surface area contributed by atoms with Crippen LogP contribution in [-0.2, 0) is 20.7 Å². The van der Waals surface area contributed by atoms with Gasteiger partial charge in [0.25, 0.3) is 0 Å². The van der Waals surface area contributed by atoms with E-state index in [9.17, 15) is 9.59 Å². The first kappa shape index (κ1) is 23.0. The van der Waals surface area contributed by atoms with Crippen LogP contribution in [0.5, 0.6) is 11.5 Å². The van der Waals surface area contributed by atoms with Gasteiger partial charge in [0.05, 0.1) is 19.8 Å². The van der Waals surface area contributed by atoms with Gasteiger partial charge in [0.2, 0.25) is 5.91 Å². The molecular weight excluding hydrogens is 382 g/mol. The maximum atomic E-state index is 12.4. The summed E-state index contributed by atoms with van der Waals surface area (Å²) in [5.41, 5.74) is 1.72. The fraction of sp³-hybridized carbons (Fsp3) is 0.333. The van der Waals surface area contributed by atoms with Crippen LogP contribution in [0.3, 0.4) is 0 Å². The van der Waals surface area contributed by atoms with Gasteiger partial charge < -0.3 is 19.5 Å². The number of hydrogen-bond acceptors (Lipinski definition) is 5. The maximum absolute atomic E-state index is 12.4. The number of carbonyl (C=O) groups excluding carboxylic acids is 2. The van der Waals surface area contributed by atoms with Crippen LogP contribution in [0.25, 0.3) is 6.08 Å². The molecule has 0 radical (unpaired) electrons. The van der Waals surface area contributed by atoms with Crippen LogP contribution in [0.15, 0.2) is 54.6 Å². The minimum Gasteiger partial charge on any atom is -0.490 e. The predicted octanol–water partition coefficient (Wildman–Crippen LogP) is 3.79. The molecule has 0 aliphatic heterocycles. The maximum Gasteiger partial charge on any atom is 0.328 e. The van der Waals surface area contributed by atoms with Crippen LogP contribution in [0, 0.1) is 0 Å². The van der Waals surface area contributed by atoms with Crippen molar-refractivity contribution in [2.24, 2.45) is 0 Å². The third-order valence-electron chi connectivity index (χ3n) is 4.16. The second-order valence-corrected chi connectivity index (χ2v) is 6.41. The largest absolute Gasteiger partial charge is 0.490 e. The van der Waals surface area contributed by atoms with Gasteiger partial charge in [-0.1, -0.05) is 36.4 Å². The molecule has 2 rings (SSSR count). The highest BCUT2D eigenvalue weighted by Crippen LogP contribution is 2.29. The van der Waals surface area contributed by atoms with Crippen LogP contribution in [0.1, 0.15) is 31.9 Å². The van der Waals surface area contributed by atoms with E-state index >= 15 is 0 Å². The molecule has 0 saturated carbocycles. The summed E-state index contributed by atoms with van der Waals surface area (Å²) < 4.78 is 16.3. The standard InChI is InChI=1S/C24H29NO5/c1-4-28-21-14-12-19(17-22(21)29-5-2)13-15-23(26)25-20(24(27)30-6-3)16-18-10-8-7-9-11-18/h7-15,17,20H,4-6,16H2,1-3H3,(H,25,26). The highest BCUT2D eigenvalue weighted by molar-refractivity contribution is 5.94. The average molecular weight is 411 g/mol. The zero-order chi connectivity index (χ0) is 21.8. The molecule has 2 aromatic carbocycles. The number of amides is 1. The number of ether oxygens (including phenoxy) is 3. The SMILES string of the molecule is CCOC(=O)C(Cc1ccccc1)NC(=O)C=Cc1ccc(OCC)c(OCC)c1. The van der Waals surface area contributed by atoms with Crippen molar-refractivity contribution in [2.45, 2.75) is 33.2 Å². The Balaban J connectivity index is 2.09. The van der Waals surface area contributed by atoms with Gasteiger partial charge in [0, 0.05) is 12.5 Å². The molecule has 30 heavy (non-hydrogen) atoms. The summed E-state index contributed by atoms with van der Waals surface area (Å²) in [5, 5.41) is 2.74. The van der Waals surface area contributed by atoms with Crippen molar-refractivity contribution in [3.63, 3.8) is 0 Å². The highest BCUT2D eigenvalue weighted by atomic mass is 16.5. The summed E-state index contributed by atoms with van der Waals surface area (Å²) in [4.78, 5) is 24.7. The second kappa shape index (κ2) is 12.3. The van der Waals surface area contributed by atoms with Crippen LogP contribution in [-0.4, -0.2) is 37.7 Å². The summed E-state index contributed by atoms with van der Waals surface area (Å²) in [6.07, 6.45) is 3.41. The van der Waals surface area contributed by atoms with Gasteiger partial charge in [-0.25, -0.2) is 4.79 Å². The Labute approximate surface area is 177 Å². The third kappa shape index (κ3) is 7.28. The van der Waals surface area contributed by atoms with Gasteiger partial charge in [-0.2, -0.15) is 0 Å². The first-order valence-electron chi connectivity index (χ1n) is 10.2. The van der Waals surface area contributed by atoms with Crippen molar-refractivity contribution in [2.75, 3.05) is 19.8 Å². The van der Waals surface area contributed by atoms with Crippen molar-refractivity contribution in [1.82, 2.24) is 5.32 Å². The Kier molecular flexibility index (Phi) is 9.45. The Bertz CT molecular complexity index is 848. The lowest BCUT2D eigenvalue weighted by molar-refractivity contribution is -0.146. The minimum atomic E-state index is -0.760. The molecule has 0 fully saturated rings. The van der Waals surface area contributed by atoms with Gasteiger partial charge in [-0.15, -0.1) is 0 Å². The van der Waals surface area contributed by atoms with E-state index < -0.39 is 12.0 Å². The highest BCUT2D eigenvalue weighted by Gasteiger charge is 2.21. The van der Waals surface area contributed by atoms with Crippen molar-refractivity contribution in [3.8, 4) is 11.5 Å². The fourth-order valence-corrected chi connectivity index (χ4v) is 2.85. The normalized spacial score (nSPS) is 11.7. The number of esters is 1. The van der Waals surface area contributed by atoms with Crippen molar-refractivity contribution < 1.29 is 23.8 Å². The van der Waals surface area contributed by atoms with E-state index in [0.717, 1.165) is 11.1 Å². The molecule has 6 nitrogen and oxygen atoms in total. The van der Waals surface area contributed by atoms with Crippen LogP contribution in [0.2, 0.25) is 0 Å². The Morgan fingerprint density at radius 2 is 1.63 bits per heavy atom. The summed E-state index contributed by atoms with van der Waals surface area (Å²) >= 11 is 0. The Morgan fingerprint density at radius 3 is 2.30 bits per heavy atom. The molecule has 0 aliphatic rings. The number of benzene rings is 2. The lowest BCUT2D eigenvalue weighted by Gasteiger charge is -2.16. The lowest BCUT2D eigenvalue weighted by Crippen LogP contribution is -2.42. The molecule has 0 aromatic heterocycles. The zero-order valence-electron chi connectivity index (χ0n) is 17.7. The Hall–Kier alpha value is -3.28. The average Bonchev–Trinajstić information content (AvgIpc) is 2.74.